The van der Waals surface area contributed by atoms with Crippen LogP contribution in [-0.2, 0) is 0 Å². The number of nitrogens with zero attached hydrogens (tertiary/aromatic N) is 2. The molecule has 3 aromatic rings. The lowest BCUT2D eigenvalue weighted by Gasteiger charge is -2.08. The van der Waals surface area contributed by atoms with Gasteiger partial charge >= 0.3 is 0 Å². The summed E-state index contributed by atoms with van der Waals surface area (Å²) in [7, 11) is 0. The third-order valence-electron chi connectivity index (χ3n) is 3.67. The molecule has 130 valence electrons. The molecule has 0 aliphatic carbocycles. The molecule has 8 heteroatoms. The average Bonchev–Trinajstić information content (AvgIpc) is 3.11. The maximum absolute atomic E-state index is 13.7. The SMILES string of the molecule is O=C(Nc1ccccc1F)c1cc(Nc2ccc3c(c2)OCO3)ncn1. The molecule has 0 atom stereocenters. The molecule has 2 N–H and O–H groups in total. The van der Waals surface area contributed by atoms with Gasteiger partial charge in [0.1, 0.15) is 23.7 Å². The summed E-state index contributed by atoms with van der Waals surface area (Å²) in [4.78, 5) is 20.3. The Kier molecular flexibility index (Phi) is 4.06. The number of para-hydroxylation sites is 1. The van der Waals surface area contributed by atoms with Crippen LogP contribution in [0.1, 0.15) is 10.5 Å². The van der Waals surface area contributed by atoms with E-state index in [-0.39, 0.29) is 18.2 Å². The van der Waals surface area contributed by atoms with Crippen molar-refractivity contribution in [1.82, 2.24) is 9.97 Å². The van der Waals surface area contributed by atoms with Crippen molar-refractivity contribution in [2.45, 2.75) is 0 Å². The summed E-state index contributed by atoms with van der Waals surface area (Å²) in [6.45, 7) is 0.187. The number of ether oxygens (including phenoxy) is 2. The minimum absolute atomic E-state index is 0.0846. The number of fused-ring (bicyclic) bond motifs is 1. The molecule has 0 unspecified atom stereocenters. The number of amides is 1. The molecule has 2 aromatic carbocycles. The van der Waals surface area contributed by atoms with E-state index in [9.17, 15) is 9.18 Å². The molecule has 0 spiro atoms. The fourth-order valence-electron chi connectivity index (χ4n) is 2.42. The van der Waals surface area contributed by atoms with Gasteiger partial charge in [0.25, 0.3) is 5.91 Å². The quantitative estimate of drug-likeness (QED) is 0.749. The molecule has 1 aromatic heterocycles. The number of hydrogen-bond acceptors (Lipinski definition) is 6. The Labute approximate surface area is 147 Å². The van der Waals surface area contributed by atoms with Gasteiger partial charge in [-0.2, -0.15) is 0 Å². The van der Waals surface area contributed by atoms with Crippen LogP contribution >= 0.6 is 0 Å². The highest BCUT2D eigenvalue weighted by Gasteiger charge is 2.14. The van der Waals surface area contributed by atoms with E-state index in [0.717, 1.165) is 0 Å². The summed E-state index contributed by atoms with van der Waals surface area (Å²) >= 11 is 0. The lowest BCUT2D eigenvalue weighted by molar-refractivity contribution is 0.102. The van der Waals surface area contributed by atoms with E-state index < -0.39 is 11.7 Å². The Morgan fingerprint density at radius 1 is 1.04 bits per heavy atom. The van der Waals surface area contributed by atoms with E-state index in [4.69, 9.17) is 9.47 Å². The van der Waals surface area contributed by atoms with Crippen LogP contribution in [0, 0.1) is 5.82 Å². The van der Waals surface area contributed by atoms with Crippen molar-refractivity contribution in [2.24, 2.45) is 0 Å². The molecular formula is C18H13FN4O3. The lowest BCUT2D eigenvalue weighted by atomic mass is 10.2. The summed E-state index contributed by atoms with van der Waals surface area (Å²) in [5, 5.41) is 5.55. The molecular weight excluding hydrogens is 339 g/mol. The van der Waals surface area contributed by atoms with Gasteiger partial charge in [0.2, 0.25) is 6.79 Å². The maximum Gasteiger partial charge on any atom is 0.274 e. The van der Waals surface area contributed by atoms with Crippen molar-refractivity contribution in [1.29, 1.82) is 0 Å². The first-order valence-corrected chi connectivity index (χ1v) is 7.74. The molecule has 1 aliphatic heterocycles. The topological polar surface area (TPSA) is 85.4 Å². The molecule has 0 radical (unpaired) electrons. The van der Waals surface area contributed by atoms with Crippen molar-refractivity contribution in [3.8, 4) is 11.5 Å². The Morgan fingerprint density at radius 2 is 1.88 bits per heavy atom. The summed E-state index contributed by atoms with van der Waals surface area (Å²) in [5.41, 5.74) is 0.904. The molecule has 4 rings (SSSR count). The van der Waals surface area contributed by atoms with E-state index in [1.54, 1.807) is 30.3 Å². The van der Waals surface area contributed by atoms with Crippen LogP contribution in [0.25, 0.3) is 0 Å². The fraction of sp³-hybridized carbons (Fsp3) is 0.0556. The summed E-state index contributed by atoms with van der Waals surface area (Å²) in [6.07, 6.45) is 1.26. The number of rotatable bonds is 4. The van der Waals surface area contributed by atoms with Crippen molar-refractivity contribution < 1.29 is 18.7 Å². The van der Waals surface area contributed by atoms with Gasteiger partial charge in [-0.1, -0.05) is 12.1 Å². The predicted octanol–water partition coefficient (Wildman–Crippen LogP) is 3.34. The fourth-order valence-corrected chi connectivity index (χ4v) is 2.42. The lowest BCUT2D eigenvalue weighted by Crippen LogP contribution is -2.15. The first-order valence-electron chi connectivity index (χ1n) is 7.74. The second-order valence-corrected chi connectivity index (χ2v) is 5.42. The highest BCUT2D eigenvalue weighted by atomic mass is 19.1. The van der Waals surface area contributed by atoms with Gasteiger partial charge in [-0.3, -0.25) is 4.79 Å². The van der Waals surface area contributed by atoms with Crippen molar-refractivity contribution in [3.05, 3.63) is 66.4 Å². The minimum atomic E-state index is -0.536. The molecule has 2 heterocycles. The molecule has 1 amide bonds. The van der Waals surface area contributed by atoms with E-state index in [0.29, 0.717) is 23.0 Å². The van der Waals surface area contributed by atoms with Crippen LogP contribution in [-0.4, -0.2) is 22.7 Å². The summed E-state index contributed by atoms with van der Waals surface area (Å²) < 4.78 is 24.2. The van der Waals surface area contributed by atoms with Crippen LogP contribution in [0.4, 0.5) is 21.6 Å². The van der Waals surface area contributed by atoms with Crippen LogP contribution in [0.15, 0.2) is 54.9 Å². The zero-order chi connectivity index (χ0) is 17.9. The van der Waals surface area contributed by atoms with Crippen LogP contribution in [0.3, 0.4) is 0 Å². The van der Waals surface area contributed by atoms with E-state index in [1.807, 2.05) is 0 Å². The molecule has 1 aliphatic rings. The highest BCUT2D eigenvalue weighted by molar-refractivity contribution is 6.03. The largest absolute Gasteiger partial charge is 0.454 e. The predicted molar refractivity (Wildman–Crippen MR) is 92.2 cm³/mol. The smallest absolute Gasteiger partial charge is 0.274 e. The first-order chi connectivity index (χ1) is 12.7. The number of hydrogen-bond donors (Lipinski definition) is 2. The average molecular weight is 352 g/mol. The third-order valence-corrected chi connectivity index (χ3v) is 3.67. The second kappa shape index (κ2) is 6.67. The van der Waals surface area contributed by atoms with E-state index >= 15 is 0 Å². The zero-order valence-electron chi connectivity index (χ0n) is 13.4. The molecule has 0 bridgehead atoms. The number of benzene rings is 2. The van der Waals surface area contributed by atoms with Crippen LogP contribution < -0.4 is 20.1 Å². The standard InChI is InChI=1S/C18H13FN4O3/c19-12-3-1-2-4-13(12)23-18(24)14-8-17(21-9-20-14)22-11-5-6-15-16(7-11)26-10-25-15/h1-9H,10H2,(H,23,24)(H,20,21,22). The van der Waals surface area contributed by atoms with Crippen molar-refractivity contribution >= 4 is 23.1 Å². The van der Waals surface area contributed by atoms with Crippen molar-refractivity contribution in [2.75, 3.05) is 17.4 Å². The molecule has 0 saturated heterocycles. The van der Waals surface area contributed by atoms with Gasteiger partial charge in [-0.05, 0) is 24.3 Å². The molecule has 0 fully saturated rings. The van der Waals surface area contributed by atoms with Gasteiger partial charge in [0.05, 0.1) is 5.69 Å². The van der Waals surface area contributed by atoms with Gasteiger partial charge in [0.15, 0.2) is 11.5 Å². The monoisotopic (exact) mass is 352 g/mol. The number of carbonyl (C=O) groups is 1. The molecule has 0 saturated carbocycles. The van der Waals surface area contributed by atoms with E-state index in [1.165, 1.54) is 24.5 Å². The second-order valence-electron chi connectivity index (χ2n) is 5.42. The minimum Gasteiger partial charge on any atom is -0.454 e. The zero-order valence-corrected chi connectivity index (χ0v) is 13.4. The maximum atomic E-state index is 13.7. The van der Waals surface area contributed by atoms with Crippen LogP contribution in [0.2, 0.25) is 0 Å². The Balaban J connectivity index is 1.51. The number of carbonyl (C=O) groups excluding carboxylic acids is 1. The molecule has 26 heavy (non-hydrogen) atoms. The summed E-state index contributed by atoms with van der Waals surface area (Å²) in [5.74, 6) is 0.655. The normalized spacial score (nSPS) is 11.9. The first kappa shape index (κ1) is 15.8. The Bertz CT molecular complexity index is 980. The number of nitrogens with one attached hydrogen (secondary N) is 2. The Morgan fingerprint density at radius 3 is 2.77 bits per heavy atom. The number of halogens is 1. The van der Waals surface area contributed by atoms with Crippen molar-refractivity contribution in [3.63, 3.8) is 0 Å². The van der Waals surface area contributed by atoms with Gasteiger partial charge < -0.3 is 20.1 Å². The Hall–Kier alpha value is -3.68. The van der Waals surface area contributed by atoms with E-state index in [2.05, 4.69) is 20.6 Å². The number of anilines is 3. The van der Waals surface area contributed by atoms with Crippen LogP contribution in [0.5, 0.6) is 11.5 Å². The van der Waals surface area contributed by atoms with Gasteiger partial charge in [-0.15, -0.1) is 0 Å². The highest BCUT2D eigenvalue weighted by Crippen LogP contribution is 2.34. The summed E-state index contributed by atoms with van der Waals surface area (Å²) in [6, 6.07) is 12.7. The van der Waals surface area contributed by atoms with Gasteiger partial charge in [0, 0.05) is 17.8 Å². The molecule has 7 nitrogen and oxygen atoms in total. The third kappa shape index (κ3) is 3.25. The number of aromatic nitrogens is 2. The van der Waals surface area contributed by atoms with Gasteiger partial charge in [-0.25, -0.2) is 14.4 Å².